The molecule has 0 radical (unpaired) electrons. The zero-order valence-corrected chi connectivity index (χ0v) is 13.3. The molecule has 0 bridgehead atoms. The number of alkyl halides is 3. The highest BCUT2D eigenvalue weighted by Crippen LogP contribution is 2.33. The fourth-order valence-corrected chi connectivity index (χ4v) is 2.42. The van der Waals surface area contributed by atoms with Gasteiger partial charge in [-0.1, -0.05) is 45.7 Å². The molecule has 0 amide bonds. The van der Waals surface area contributed by atoms with Crippen LogP contribution in [0.15, 0.2) is 40.9 Å². The number of anilines is 1. The van der Waals surface area contributed by atoms with Crippen LogP contribution in [0.4, 0.5) is 19.0 Å². The summed E-state index contributed by atoms with van der Waals surface area (Å²) in [4.78, 5) is 5.56. The van der Waals surface area contributed by atoms with Gasteiger partial charge in [-0.15, -0.1) is 0 Å². The number of rotatable bonds is 3. The van der Waals surface area contributed by atoms with Gasteiger partial charge in [0.1, 0.15) is 11.0 Å². The number of hydrogen-bond donors (Lipinski definition) is 0. The molecule has 0 aliphatic heterocycles. The summed E-state index contributed by atoms with van der Waals surface area (Å²) in [5, 5.41) is -0.182. The molecule has 2 aromatic rings. The molecule has 0 aliphatic rings. The van der Waals surface area contributed by atoms with Crippen molar-refractivity contribution in [2.24, 2.45) is 0 Å². The maximum Gasteiger partial charge on any atom is 0.416 e. The summed E-state index contributed by atoms with van der Waals surface area (Å²) in [6, 6.07) is 9.29. The average Bonchev–Trinajstić information content (AvgIpc) is 2.39. The first kappa shape index (κ1) is 16.1. The van der Waals surface area contributed by atoms with Crippen molar-refractivity contribution in [2.45, 2.75) is 12.7 Å². The number of pyridine rings is 1. The molecule has 0 atom stereocenters. The summed E-state index contributed by atoms with van der Waals surface area (Å²) in [6.07, 6.45) is -4.45. The van der Waals surface area contributed by atoms with Gasteiger partial charge >= 0.3 is 6.18 Å². The van der Waals surface area contributed by atoms with Crippen molar-refractivity contribution >= 4 is 33.3 Å². The van der Waals surface area contributed by atoms with Gasteiger partial charge in [0.25, 0.3) is 0 Å². The Kier molecular flexibility index (Phi) is 4.78. The zero-order valence-electron chi connectivity index (χ0n) is 11.0. The standard InChI is InChI=1S/C14H11BrClF3N2/c1-21(8-9-4-2-3-5-11(9)15)13-7-10(14(17,18)19)6-12(16)20-13/h2-7H,8H2,1H3. The molecule has 2 nitrogen and oxygen atoms in total. The molecule has 1 aromatic carbocycles. The van der Waals surface area contributed by atoms with E-state index >= 15 is 0 Å². The molecule has 0 N–H and O–H groups in total. The molecule has 0 saturated heterocycles. The van der Waals surface area contributed by atoms with Crippen LogP contribution in [0.1, 0.15) is 11.1 Å². The lowest BCUT2D eigenvalue weighted by Gasteiger charge is -2.20. The number of halogens is 5. The van der Waals surface area contributed by atoms with Crippen molar-refractivity contribution in [1.29, 1.82) is 0 Å². The van der Waals surface area contributed by atoms with Gasteiger partial charge in [0.05, 0.1) is 5.56 Å². The summed E-state index contributed by atoms with van der Waals surface area (Å²) >= 11 is 9.09. The molecular weight excluding hydrogens is 369 g/mol. The molecule has 0 unspecified atom stereocenters. The Bertz CT molecular complexity index is 646. The molecule has 0 saturated carbocycles. The molecular formula is C14H11BrClF3N2. The Hall–Kier alpha value is -1.27. The van der Waals surface area contributed by atoms with E-state index in [-0.39, 0.29) is 11.0 Å². The van der Waals surface area contributed by atoms with E-state index in [9.17, 15) is 13.2 Å². The summed E-state index contributed by atoms with van der Waals surface area (Å²) in [5.41, 5.74) is 0.131. The lowest BCUT2D eigenvalue weighted by Crippen LogP contribution is -2.19. The molecule has 7 heteroatoms. The predicted octanol–water partition coefficient (Wildman–Crippen LogP) is 5.15. The minimum absolute atomic E-state index is 0.172. The minimum atomic E-state index is -4.45. The highest BCUT2D eigenvalue weighted by molar-refractivity contribution is 9.10. The normalized spacial score (nSPS) is 11.5. The van der Waals surface area contributed by atoms with Crippen LogP contribution in [-0.4, -0.2) is 12.0 Å². The SMILES string of the molecule is CN(Cc1ccccc1Br)c1cc(C(F)(F)F)cc(Cl)n1. The van der Waals surface area contributed by atoms with E-state index in [1.165, 1.54) is 0 Å². The molecule has 1 aromatic heterocycles. The van der Waals surface area contributed by atoms with Gasteiger partial charge in [-0.05, 0) is 23.8 Å². The molecule has 0 fully saturated rings. The topological polar surface area (TPSA) is 16.1 Å². The van der Waals surface area contributed by atoms with Crippen LogP contribution in [0.2, 0.25) is 5.15 Å². The third-order valence-electron chi connectivity index (χ3n) is 2.86. The fourth-order valence-electron chi connectivity index (χ4n) is 1.81. The minimum Gasteiger partial charge on any atom is -0.355 e. The molecule has 1 heterocycles. The van der Waals surface area contributed by atoms with Gasteiger partial charge in [0.2, 0.25) is 0 Å². The summed E-state index contributed by atoms with van der Waals surface area (Å²) in [6.45, 7) is 0.409. The number of nitrogens with zero attached hydrogens (tertiary/aromatic N) is 2. The number of hydrogen-bond acceptors (Lipinski definition) is 2. The smallest absolute Gasteiger partial charge is 0.355 e. The van der Waals surface area contributed by atoms with Crippen molar-refractivity contribution < 1.29 is 13.2 Å². The molecule has 0 aliphatic carbocycles. The maximum absolute atomic E-state index is 12.8. The van der Waals surface area contributed by atoms with Crippen LogP contribution in [0.3, 0.4) is 0 Å². The lowest BCUT2D eigenvalue weighted by molar-refractivity contribution is -0.137. The van der Waals surface area contributed by atoms with Crippen molar-refractivity contribution in [1.82, 2.24) is 4.98 Å². The van der Waals surface area contributed by atoms with Crippen LogP contribution in [0, 0.1) is 0 Å². The second-order valence-corrected chi connectivity index (χ2v) is 5.72. The fraction of sp³-hybridized carbons (Fsp3) is 0.214. The van der Waals surface area contributed by atoms with E-state index < -0.39 is 11.7 Å². The van der Waals surface area contributed by atoms with Crippen molar-refractivity contribution in [3.63, 3.8) is 0 Å². The van der Waals surface area contributed by atoms with Crippen LogP contribution in [-0.2, 0) is 12.7 Å². The van der Waals surface area contributed by atoms with Crippen molar-refractivity contribution in [2.75, 3.05) is 11.9 Å². The molecule has 0 spiro atoms. The summed E-state index contributed by atoms with van der Waals surface area (Å²) < 4.78 is 39.3. The van der Waals surface area contributed by atoms with E-state index in [0.29, 0.717) is 6.54 Å². The van der Waals surface area contributed by atoms with E-state index in [0.717, 1.165) is 22.2 Å². The largest absolute Gasteiger partial charge is 0.416 e. The molecule has 21 heavy (non-hydrogen) atoms. The third kappa shape index (κ3) is 4.11. The van der Waals surface area contributed by atoms with Gasteiger partial charge in [-0.25, -0.2) is 4.98 Å². The van der Waals surface area contributed by atoms with Crippen LogP contribution >= 0.6 is 27.5 Å². The third-order valence-corrected chi connectivity index (χ3v) is 3.83. The first-order valence-electron chi connectivity index (χ1n) is 5.96. The number of aromatic nitrogens is 1. The zero-order chi connectivity index (χ0) is 15.6. The second kappa shape index (κ2) is 6.23. The van der Waals surface area contributed by atoms with Crippen molar-refractivity contribution in [3.05, 3.63) is 57.2 Å². The molecule has 112 valence electrons. The quantitative estimate of drug-likeness (QED) is 0.685. The average molecular weight is 380 g/mol. The first-order valence-corrected chi connectivity index (χ1v) is 7.14. The van der Waals surface area contributed by atoms with E-state index in [1.54, 1.807) is 11.9 Å². The van der Waals surface area contributed by atoms with Crippen LogP contribution in [0.25, 0.3) is 0 Å². The van der Waals surface area contributed by atoms with Crippen LogP contribution in [0.5, 0.6) is 0 Å². The van der Waals surface area contributed by atoms with E-state index in [4.69, 9.17) is 11.6 Å². The van der Waals surface area contributed by atoms with E-state index in [1.807, 2.05) is 24.3 Å². The highest BCUT2D eigenvalue weighted by atomic mass is 79.9. The predicted molar refractivity (Wildman–Crippen MR) is 80.5 cm³/mol. The Morgan fingerprint density at radius 1 is 1.24 bits per heavy atom. The van der Waals surface area contributed by atoms with Gasteiger partial charge in [0.15, 0.2) is 0 Å². The Balaban J connectivity index is 2.29. The Labute approximate surface area is 133 Å². The summed E-state index contributed by atoms with van der Waals surface area (Å²) in [7, 11) is 1.66. The van der Waals surface area contributed by atoms with Crippen molar-refractivity contribution in [3.8, 4) is 0 Å². The van der Waals surface area contributed by atoms with Gasteiger partial charge in [-0.3, -0.25) is 0 Å². The van der Waals surface area contributed by atoms with E-state index in [2.05, 4.69) is 20.9 Å². The maximum atomic E-state index is 12.8. The lowest BCUT2D eigenvalue weighted by atomic mass is 10.2. The van der Waals surface area contributed by atoms with Gasteiger partial charge < -0.3 is 4.90 Å². The summed E-state index contributed by atoms with van der Waals surface area (Å²) in [5.74, 6) is 0.172. The Morgan fingerprint density at radius 2 is 1.90 bits per heavy atom. The first-order chi connectivity index (χ1) is 9.77. The highest BCUT2D eigenvalue weighted by Gasteiger charge is 2.31. The van der Waals surface area contributed by atoms with Gasteiger partial charge in [0, 0.05) is 18.1 Å². The Morgan fingerprint density at radius 3 is 2.52 bits per heavy atom. The molecule has 2 rings (SSSR count). The number of benzene rings is 1. The second-order valence-electron chi connectivity index (χ2n) is 4.48. The monoisotopic (exact) mass is 378 g/mol. The van der Waals surface area contributed by atoms with Crippen LogP contribution < -0.4 is 4.90 Å². The van der Waals surface area contributed by atoms with Gasteiger partial charge in [-0.2, -0.15) is 13.2 Å².